The normalized spacial score (nSPS) is 17.9. The second-order valence-corrected chi connectivity index (χ2v) is 5.71. The molecule has 0 saturated carbocycles. The largest absolute Gasteiger partial charge is 0.390 e. The Kier molecular flexibility index (Phi) is 3.87. The van der Waals surface area contributed by atoms with Crippen LogP contribution in [-0.2, 0) is 11.4 Å². The molecule has 21 heavy (non-hydrogen) atoms. The van der Waals surface area contributed by atoms with E-state index >= 15 is 0 Å². The Labute approximate surface area is 131 Å². The first-order chi connectivity index (χ1) is 10.1. The van der Waals surface area contributed by atoms with Crippen molar-refractivity contribution < 1.29 is 4.84 Å². The van der Waals surface area contributed by atoms with E-state index in [4.69, 9.17) is 28.0 Å². The summed E-state index contributed by atoms with van der Waals surface area (Å²) in [5, 5.41) is 5.08. The van der Waals surface area contributed by atoms with E-state index in [1.807, 2.05) is 6.92 Å². The quantitative estimate of drug-likeness (QED) is 0.870. The fourth-order valence-corrected chi connectivity index (χ4v) is 2.78. The Bertz CT molecular complexity index is 786. The van der Waals surface area contributed by atoms with Crippen LogP contribution in [-0.4, -0.2) is 21.4 Å². The van der Waals surface area contributed by atoms with Crippen molar-refractivity contribution in [1.82, 2.24) is 9.55 Å². The van der Waals surface area contributed by atoms with Crippen LogP contribution in [0.2, 0.25) is 10.0 Å². The molecule has 2 aromatic rings. The summed E-state index contributed by atoms with van der Waals surface area (Å²) in [7, 11) is 0. The number of halogens is 2. The van der Waals surface area contributed by atoms with Gasteiger partial charge in [-0.1, -0.05) is 35.3 Å². The molecule has 2 heterocycles. The van der Waals surface area contributed by atoms with Crippen LogP contribution in [0.4, 0.5) is 0 Å². The zero-order valence-corrected chi connectivity index (χ0v) is 12.9. The summed E-state index contributed by atoms with van der Waals surface area (Å²) in [6.07, 6.45) is 2.91. The highest BCUT2D eigenvalue weighted by Gasteiger charge is 2.21. The lowest BCUT2D eigenvalue weighted by molar-refractivity contribution is 0.0716. The van der Waals surface area contributed by atoms with Crippen LogP contribution < -0.4 is 5.56 Å². The number of rotatable bonds is 3. The van der Waals surface area contributed by atoms with Crippen molar-refractivity contribution >= 4 is 39.8 Å². The van der Waals surface area contributed by atoms with E-state index < -0.39 is 0 Å². The van der Waals surface area contributed by atoms with Crippen molar-refractivity contribution in [1.29, 1.82) is 0 Å². The third-order valence-electron chi connectivity index (χ3n) is 3.48. The molecular weight excluding hydrogens is 313 g/mol. The van der Waals surface area contributed by atoms with Gasteiger partial charge in [-0.2, -0.15) is 0 Å². The summed E-state index contributed by atoms with van der Waals surface area (Å²) in [4.78, 5) is 22.1. The first kappa shape index (κ1) is 14.4. The van der Waals surface area contributed by atoms with Gasteiger partial charge in [0.15, 0.2) is 6.10 Å². The highest BCUT2D eigenvalue weighted by Crippen LogP contribution is 2.25. The highest BCUT2D eigenvalue weighted by molar-refractivity contribution is 6.39. The van der Waals surface area contributed by atoms with Crippen LogP contribution in [0.15, 0.2) is 28.4 Å². The van der Waals surface area contributed by atoms with Crippen LogP contribution in [0.3, 0.4) is 0 Å². The van der Waals surface area contributed by atoms with Gasteiger partial charge in [-0.3, -0.25) is 9.36 Å². The van der Waals surface area contributed by atoms with E-state index in [0.717, 1.165) is 18.6 Å². The number of hydrogen-bond acceptors (Lipinski definition) is 4. The molecule has 0 spiro atoms. The van der Waals surface area contributed by atoms with Gasteiger partial charge in [-0.05, 0) is 18.6 Å². The van der Waals surface area contributed by atoms with Gasteiger partial charge in [0.05, 0.1) is 39.5 Å². The molecule has 0 amide bonds. The van der Waals surface area contributed by atoms with Gasteiger partial charge in [-0.15, -0.1) is 0 Å². The number of benzene rings is 1. The van der Waals surface area contributed by atoms with Crippen molar-refractivity contribution in [3.05, 3.63) is 38.9 Å². The Morgan fingerprint density at radius 2 is 2.14 bits per heavy atom. The van der Waals surface area contributed by atoms with Gasteiger partial charge in [0, 0.05) is 6.42 Å². The zero-order chi connectivity index (χ0) is 15.0. The van der Waals surface area contributed by atoms with E-state index in [-0.39, 0.29) is 11.7 Å². The summed E-state index contributed by atoms with van der Waals surface area (Å²) in [6.45, 7) is 2.41. The van der Waals surface area contributed by atoms with Gasteiger partial charge >= 0.3 is 0 Å². The molecule has 1 aliphatic heterocycles. The van der Waals surface area contributed by atoms with Gasteiger partial charge < -0.3 is 4.84 Å². The van der Waals surface area contributed by atoms with Crippen LogP contribution >= 0.6 is 23.2 Å². The summed E-state index contributed by atoms with van der Waals surface area (Å²) < 4.78 is 1.49. The lowest BCUT2D eigenvalue weighted by Gasteiger charge is -2.11. The summed E-state index contributed by atoms with van der Waals surface area (Å²) in [6, 6.07) is 3.23. The fraction of sp³-hybridized carbons (Fsp3) is 0.357. The molecule has 0 bridgehead atoms. The molecule has 1 aromatic heterocycles. The average Bonchev–Trinajstić information content (AvgIpc) is 2.93. The monoisotopic (exact) mass is 325 g/mol. The Balaban J connectivity index is 1.96. The third-order valence-corrected chi connectivity index (χ3v) is 4.10. The molecule has 3 rings (SSSR count). The minimum absolute atomic E-state index is 0.144. The van der Waals surface area contributed by atoms with Gasteiger partial charge in [0.2, 0.25) is 0 Å². The molecule has 1 aromatic carbocycles. The van der Waals surface area contributed by atoms with Gasteiger partial charge in [0.1, 0.15) is 0 Å². The topological polar surface area (TPSA) is 56.5 Å². The minimum Gasteiger partial charge on any atom is -0.390 e. The SMILES string of the molecule is CCC1=NOC(Cn2cnc3c(Cl)ccc(Cl)c3c2=O)C1. The lowest BCUT2D eigenvalue weighted by Crippen LogP contribution is -2.27. The van der Waals surface area contributed by atoms with E-state index in [2.05, 4.69) is 10.1 Å². The van der Waals surface area contributed by atoms with Gasteiger partial charge in [0.25, 0.3) is 5.56 Å². The maximum atomic E-state index is 12.5. The van der Waals surface area contributed by atoms with Crippen molar-refractivity contribution in [2.45, 2.75) is 32.4 Å². The van der Waals surface area contributed by atoms with Crippen molar-refractivity contribution in [3.8, 4) is 0 Å². The van der Waals surface area contributed by atoms with Crippen molar-refractivity contribution in [3.63, 3.8) is 0 Å². The van der Waals surface area contributed by atoms with Crippen LogP contribution in [0, 0.1) is 0 Å². The average molecular weight is 326 g/mol. The van der Waals surface area contributed by atoms with Crippen LogP contribution in [0.25, 0.3) is 10.9 Å². The van der Waals surface area contributed by atoms with E-state index in [9.17, 15) is 4.79 Å². The number of hydrogen-bond donors (Lipinski definition) is 0. The minimum atomic E-state index is -0.221. The first-order valence-electron chi connectivity index (χ1n) is 6.65. The van der Waals surface area contributed by atoms with Crippen molar-refractivity contribution in [2.24, 2.45) is 5.16 Å². The Morgan fingerprint density at radius 1 is 1.38 bits per heavy atom. The standard InChI is InChI=1S/C14H13Cl2N3O2/c1-2-8-5-9(21-18-8)6-19-7-17-13-11(16)4-3-10(15)12(13)14(19)20/h3-4,7,9H,2,5-6H2,1H3. The summed E-state index contributed by atoms with van der Waals surface area (Å²) in [5.41, 5.74) is 1.20. The Morgan fingerprint density at radius 3 is 2.86 bits per heavy atom. The molecule has 5 nitrogen and oxygen atoms in total. The number of oxime groups is 1. The molecule has 0 radical (unpaired) electrons. The van der Waals surface area contributed by atoms with Crippen molar-refractivity contribution in [2.75, 3.05) is 0 Å². The lowest BCUT2D eigenvalue weighted by atomic mass is 10.1. The summed E-state index contributed by atoms with van der Waals surface area (Å²) >= 11 is 12.2. The molecule has 1 atom stereocenters. The van der Waals surface area contributed by atoms with Crippen LogP contribution in [0.1, 0.15) is 19.8 Å². The third kappa shape index (κ3) is 2.63. The number of nitrogens with zero attached hydrogens (tertiary/aromatic N) is 3. The maximum Gasteiger partial charge on any atom is 0.262 e. The number of aromatic nitrogens is 2. The zero-order valence-electron chi connectivity index (χ0n) is 11.3. The molecular formula is C14H13Cl2N3O2. The molecule has 1 unspecified atom stereocenters. The molecule has 110 valence electrons. The Hall–Kier alpha value is -1.59. The predicted molar refractivity (Wildman–Crippen MR) is 83.2 cm³/mol. The van der Waals surface area contributed by atoms with E-state index in [1.54, 1.807) is 12.1 Å². The molecule has 0 aliphatic carbocycles. The second kappa shape index (κ2) is 5.66. The molecule has 0 N–H and O–H groups in total. The smallest absolute Gasteiger partial charge is 0.262 e. The predicted octanol–water partition coefficient (Wildman–Crippen LogP) is 3.26. The summed E-state index contributed by atoms with van der Waals surface area (Å²) in [5.74, 6) is 0. The van der Waals surface area contributed by atoms with Crippen LogP contribution in [0.5, 0.6) is 0 Å². The second-order valence-electron chi connectivity index (χ2n) is 4.90. The highest BCUT2D eigenvalue weighted by atomic mass is 35.5. The fourth-order valence-electron chi connectivity index (χ4n) is 2.34. The first-order valence-corrected chi connectivity index (χ1v) is 7.40. The molecule has 0 fully saturated rings. The molecule has 1 aliphatic rings. The maximum absolute atomic E-state index is 12.5. The number of fused-ring (bicyclic) bond motifs is 1. The van der Waals surface area contributed by atoms with E-state index in [1.165, 1.54) is 10.9 Å². The molecule has 0 saturated heterocycles. The molecule has 7 heteroatoms. The van der Waals surface area contributed by atoms with Gasteiger partial charge in [-0.25, -0.2) is 4.98 Å². The van der Waals surface area contributed by atoms with E-state index in [0.29, 0.717) is 27.5 Å².